The fourth-order valence-corrected chi connectivity index (χ4v) is 3.12. The number of fused-ring (bicyclic) bond motifs is 1. The second-order valence-electron chi connectivity index (χ2n) is 6.26. The molecule has 0 unspecified atom stereocenters. The molecule has 0 aliphatic heterocycles. The van der Waals surface area contributed by atoms with Crippen LogP contribution in [0.4, 0.5) is 19.0 Å². The quantitative estimate of drug-likeness (QED) is 0.563. The highest BCUT2D eigenvalue weighted by Crippen LogP contribution is 2.32. The number of anilines is 1. The molecule has 0 radical (unpaired) electrons. The minimum absolute atomic E-state index is 0.383. The normalized spacial score (nSPS) is 11.5. The number of hydrogen-bond acceptors (Lipinski definition) is 4. The van der Waals surface area contributed by atoms with Crippen molar-refractivity contribution in [1.29, 1.82) is 0 Å². The van der Waals surface area contributed by atoms with E-state index >= 15 is 0 Å². The van der Waals surface area contributed by atoms with Crippen LogP contribution in [0.3, 0.4) is 0 Å². The van der Waals surface area contributed by atoms with Crippen molar-refractivity contribution in [3.05, 3.63) is 54.2 Å². The maximum Gasteiger partial charge on any atom is 0.256 e. The average molecular weight is 386 g/mol. The van der Waals surface area contributed by atoms with E-state index in [0.29, 0.717) is 39.9 Å². The zero-order chi connectivity index (χ0) is 19.8. The lowest BCUT2D eigenvalue weighted by Crippen LogP contribution is -2.10. The van der Waals surface area contributed by atoms with Crippen molar-refractivity contribution >= 4 is 11.5 Å². The Hall–Kier alpha value is -3.36. The van der Waals surface area contributed by atoms with Gasteiger partial charge in [0.05, 0.1) is 24.1 Å². The van der Waals surface area contributed by atoms with E-state index in [1.54, 1.807) is 48.9 Å². The number of hydrogen-bond donors (Lipinski definition) is 1. The molecule has 0 saturated heterocycles. The van der Waals surface area contributed by atoms with Crippen LogP contribution >= 0.6 is 0 Å². The van der Waals surface area contributed by atoms with Gasteiger partial charge in [-0.05, 0) is 43.3 Å². The number of aromatic nitrogens is 5. The fraction of sp³-hybridized carbons (Fsp3) is 0.211. The van der Waals surface area contributed by atoms with Gasteiger partial charge in [0.1, 0.15) is 23.2 Å². The maximum absolute atomic E-state index is 13.3. The monoisotopic (exact) mass is 386 g/mol. The molecule has 0 fully saturated rings. The number of rotatable bonds is 5. The molecule has 0 bridgehead atoms. The molecular weight excluding hydrogens is 369 g/mol. The Morgan fingerprint density at radius 2 is 1.82 bits per heavy atom. The van der Waals surface area contributed by atoms with Crippen LogP contribution in [0.5, 0.6) is 0 Å². The summed E-state index contributed by atoms with van der Waals surface area (Å²) in [4.78, 5) is 8.81. The fourth-order valence-electron chi connectivity index (χ4n) is 3.12. The summed E-state index contributed by atoms with van der Waals surface area (Å²) in [6.07, 6.45) is -0.850. The molecule has 0 aliphatic rings. The number of nitrogens with one attached hydrogen (secondary N) is 1. The maximum atomic E-state index is 13.3. The van der Waals surface area contributed by atoms with Crippen molar-refractivity contribution in [2.24, 2.45) is 0 Å². The molecule has 3 heterocycles. The van der Waals surface area contributed by atoms with E-state index < -0.39 is 13.0 Å². The number of halogens is 3. The molecule has 0 aliphatic carbocycles. The van der Waals surface area contributed by atoms with Gasteiger partial charge in [-0.25, -0.2) is 27.7 Å². The molecule has 144 valence electrons. The topological polar surface area (TPSA) is 60.0 Å². The third-order valence-corrected chi connectivity index (χ3v) is 4.42. The first kappa shape index (κ1) is 18.0. The minimum atomic E-state index is -2.56. The largest absolute Gasteiger partial charge is 0.372 e. The SMILES string of the molecule is CNc1cn2nc(-c3c(-c4ccc(F)cc4)nc(C)n3CC(F)F)ccc2n1. The average Bonchev–Trinajstić information content (AvgIpc) is 3.22. The third kappa shape index (κ3) is 3.19. The second-order valence-corrected chi connectivity index (χ2v) is 6.26. The molecule has 9 heteroatoms. The van der Waals surface area contributed by atoms with Crippen molar-refractivity contribution in [1.82, 2.24) is 24.1 Å². The van der Waals surface area contributed by atoms with Gasteiger partial charge in [0.25, 0.3) is 6.43 Å². The van der Waals surface area contributed by atoms with Crippen molar-refractivity contribution < 1.29 is 13.2 Å². The van der Waals surface area contributed by atoms with Gasteiger partial charge in [-0.15, -0.1) is 0 Å². The van der Waals surface area contributed by atoms with Gasteiger partial charge in [0.15, 0.2) is 5.65 Å². The smallest absolute Gasteiger partial charge is 0.256 e. The lowest BCUT2D eigenvalue weighted by atomic mass is 10.1. The number of imidazole rings is 2. The van der Waals surface area contributed by atoms with Crippen molar-refractivity contribution in [3.63, 3.8) is 0 Å². The lowest BCUT2D eigenvalue weighted by molar-refractivity contribution is 0.126. The van der Waals surface area contributed by atoms with E-state index in [1.165, 1.54) is 16.7 Å². The van der Waals surface area contributed by atoms with Gasteiger partial charge in [-0.2, -0.15) is 5.10 Å². The Labute approximate surface area is 158 Å². The van der Waals surface area contributed by atoms with E-state index in [4.69, 9.17) is 0 Å². The summed E-state index contributed by atoms with van der Waals surface area (Å²) in [5, 5.41) is 7.47. The molecule has 0 atom stereocenters. The Morgan fingerprint density at radius 1 is 1.07 bits per heavy atom. The predicted octanol–water partition coefficient (Wildman–Crippen LogP) is 4.01. The molecule has 1 N–H and O–H groups in total. The van der Waals surface area contributed by atoms with Crippen LogP contribution in [0.1, 0.15) is 5.82 Å². The van der Waals surface area contributed by atoms with Gasteiger partial charge in [0.2, 0.25) is 0 Å². The zero-order valence-electron chi connectivity index (χ0n) is 15.2. The summed E-state index contributed by atoms with van der Waals surface area (Å²) >= 11 is 0. The van der Waals surface area contributed by atoms with Crippen LogP contribution in [0.2, 0.25) is 0 Å². The van der Waals surface area contributed by atoms with Crippen molar-refractivity contribution in [2.75, 3.05) is 12.4 Å². The van der Waals surface area contributed by atoms with Crippen LogP contribution in [-0.2, 0) is 6.54 Å². The molecule has 0 saturated carbocycles. The molecule has 4 aromatic rings. The Bertz CT molecular complexity index is 1130. The number of benzene rings is 1. The van der Waals surface area contributed by atoms with Gasteiger partial charge in [-0.3, -0.25) is 0 Å². The van der Waals surface area contributed by atoms with E-state index in [2.05, 4.69) is 20.4 Å². The van der Waals surface area contributed by atoms with E-state index in [1.807, 2.05) is 0 Å². The summed E-state index contributed by atoms with van der Waals surface area (Å²) in [6.45, 7) is 1.15. The van der Waals surface area contributed by atoms with Gasteiger partial charge in [0, 0.05) is 12.6 Å². The molecule has 3 aromatic heterocycles. The van der Waals surface area contributed by atoms with Crippen LogP contribution in [-0.4, -0.2) is 37.6 Å². The number of alkyl halides is 2. The Kier molecular flexibility index (Phi) is 4.50. The number of aryl methyl sites for hydroxylation is 1. The van der Waals surface area contributed by atoms with E-state index in [0.717, 1.165) is 0 Å². The van der Waals surface area contributed by atoms with E-state index in [9.17, 15) is 13.2 Å². The summed E-state index contributed by atoms with van der Waals surface area (Å²) in [7, 11) is 1.75. The molecule has 0 spiro atoms. The van der Waals surface area contributed by atoms with Crippen LogP contribution in [0, 0.1) is 12.7 Å². The molecular formula is C19H17F3N6. The standard InChI is InChI=1S/C19H17F3N6/c1-11-24-18(12-3-5-13(20)6-4-12)19(27(11)9-15(21)22)14-7-8-17-25-16(23-2)10-28(17)26-14/h3-8,10,15,23H,9H2,1-2H3. The van der Waals surface area contributed by atoms with Gasteiger partial charge >= 0.3 is 0 Å². The summed E-state index contributed by atoms with van der Waals surface area (Å²) in [5.74, 6) is 0.685. The number of nitrogens with zero attached hydrogens (tertiary/aromatic N) is 5. The highest BCUT2D eigenvalue weighted by molar-refractivity contribution is 5.77. The first-order valence-corrected chi connectivity index (χ1v) is 8.62. The summed E-state index contributed by atoms with van der Waals surface area (Å²) in [5.41, 5.74) is 2.63. The van der Waals surface area contributed by atoms with Gasteiger partial charge < -0.3 is 9.88 Å². The van der Waals surface area contributed by atoms with Gasteiger partial charge in [-0.1, -0.05) is 0 Å². The first-order chi connectivity index (χ1) is 13.5. The Morgan fingerprint density at radius 3 is 2.50 bits per heavy atom. The van der Waals surface area contributed by atoms with Crippen LogP contribution in [0.25, 0.3) is 28.3 Å². The van der Waals surface area contributed by atoms with Crippen LogP contribution < -0.4 is 5.32 Å². The first-order valence-electron chi connectivity index (χ1n) is 8.62. The highest BCUT2D eigenvalue weighted by Gasteiger charge is 2.22. The highest BCUT2D eigenvalue weighted by atomic mass is 19.3. The molecule has 28 heavy (non-hydrogen) atoms. The lowest BCUT2D eigenvalue weighted by Gasteiger charge is -2.11. The minimum Gasteiger partial charge on any atom is -0.372 e. The van der Waals surface area contributed by atoms with Crippen molar-refractivity contribution in [2.45, 2.75) is 19.9 Å². The molecule has 0 amide bonds. The Balaban J connectivity index is 1.93. The van der Waals surface area contributed by atoms with Crippen LogP contribution in [0.15, 0.2) is 42.6 Å². The molecule has 1 aromatic carbocycles. The summed E-state index contributed by atoms with van der Waals surface area (Å²) < 4.78 is 42.8. The molecule has 6 nitrogen and oxygen atoms in total. The second kappa shape index (κ2) is 6.99. The van der Waals surface area contributed by atoms with E-state index in [-0.39, 0.29) is 5.82 Å². The third-order valence-electron chi connectivity index (χ3n) is 4.42. The zero-order valence-corrected chi connectivity index (χ0v) is 15.2. The molecule has 4 rings (SSSR count). The summed E-state index contributed by atoms with van der Waals surface area (Å²) in [6, 6.07) is 9.24. The predicted molar refractivity (Wildman–Crippen MR) is 99.9 cm³/mol. The van der Waals surface area contributed by atoms with Crippen molar-refractivity contribution in [3.8, 4) is 22.6 Å².